The summed E-state index contributed by atoms with van der Waals surface area (Å²) in [5, 5.41) is 3.47. The van der Waals surface area contributed by atoms with Gasteiger partial charge in [0, 0.05) is 39.5 Å². The van der Waals surface area contributed by atoms with Gasteiger partial charge in [0.2, 0.25) is 0 Å². The molecule has 0 bridgehead atoms. The van der Waals surface area contributed by atoms with E-state index in [0.717, 1.165) is 31.5 Å². The molecule has 6 heteroatoms. The van der Waals surface area contributed by atoms with Crippen molar-refractivity contribution >= 4 is 5.69 Å². The Balaban J connectivity index is 0.00000352. The molecule has 0 amide bonds. The molecule has 6 nitrogen and oxygen atoms in total. The lowest BCUT2D eigenvalue weighted by Gasteiger charge is -2.36. The molecule has 1 unspecified atom stereocenters. The van der Waals surface area contributed by atoms with Crippen LogP contribution < -0.4 is 17.0 Å². The summed E-state index contributed by atoms with van der Waals surface area (Å²) in [7, 11) is 5.01. The second kappa shape index (κ2) is 17.9. The van der Waals surface area contributed by atoms with Crippen molar-refractivity contribution in [2.75, 3.05) is 33.2 Å². The summed E-state index contributed by atoms with van der Waals surface area (Å²) in [5.74, 6) is 7.29. The van der Waals surface area contributed by atoms with Gasteiger partial charge in [-0.25, -0.2) is 0 Å². The first-order valence-electron chi connectivity index (χ1n) is 10.5. The highest BCUT2D eigenvalue weighted by Gasteiger charge is 2.39. The zero-order valence-electron chi connectivity index (χ0n) is 18.4. The molecule has 0 spiro atoms. The van der Waals surface area contributed by atoms with Gasteiger partial charge in [0.15, 0.2) is 0 Å². The molecule has 0 radical (unpaired) electrons. The first kappa shape index (κ1) is 26.8. The van der Waals surface area contributed by atoms with Crippen LogP contribution in [0.2, 0.25) is 0 Å². The lowest BCUT2D eigenvalue weighted by atomic mass is 9.93. The topological polar surface area (TPSA) is 91.8 Å². The molecule has 164 valence electrons. The zero-order valence-corrected chi connectivity index (χ0v) is 18.4. The van der Waals surface area contributed by atoms with Crippen LogP contribution in [0, 0.1) is 5.92 Å². The first-order chi connectivity index (χ1) is 13.7. The SMILES string of the molecule is CCCCCCCCC(CCCNc1ccccc1)C(OC)(OC)OC.NN. The molecule has 0 aliphatic heterocycles. The van der Waals surface area contributed by atoms with Crippen LogP contribution in [0.3, 0.4) is 0 Å². The van der Waals surface area contributed by atoms with Gasteiger partial charge in [-0.1, -0.05) is 63.6 Å². The van der Waals surface area contributed by atoms with Gasteiger partial charge in [0.25, 0.3) is 5.97 Å². The molecule has 1 aromatic rings. The van der Waals surface area contributed by atoms with Crippen LogP contribution in [0.5, 0.6) is 0 Å². The van der Waals surface area contributed by atoms with Crippen LogP contribution in [-0.4, -0.2) is 33.8 Å². The van der Waals surface area contributed by atoms with Gasteiger partial charge in [0.05, 0.1) is 0 Å². The third-order valence-corrected chi connectivity index (χ3v) is 5.09. The highest BCUT2D eigenvalue weighted by Crippen LogP contribution is 2.32. The van der Waals surface area contributed by atoms with Crippen molar-refractivity contribution in [2.24, 2.45) is 17.6 Å². The number of hydrazine groups is 1. The normalized spacial score (nSPS) is 12.2. The standard InChI is InChI=1S/C22H39NO3.H4N2/c1-5-6-7-8-9-11-15-20(22(24-2,25-3)26-4)16-14-19-23-21-17-12-10-13-18-21;1-2/h10,12-13,17-18,20,23H,5-9,11,14-16,19H2,1-4H3;1-2H2. The summed E-state index contributed by atoms with van der Waals surface area (Å²) in [4.78, 5) is 0. The maximum atomic E-state index is 5.64. The van der Waals surface area contributed by atoms with Crippen LogP contribution in [0.1, 0.15) is 64.7 Å². The van der Waals surface area contributed by atoms with Crippen molar-refractivity contribution in [1.29, 1.82) is 0 Å². The summed E-state index contributed by atoms with van der Waals surface area (Å²) in [6, 6.07) is 10.3. The molecule has 1 rings (SSSR count). The summed E-state index contributed by atoms with van der Waals surface area (Å²) in [6.45, 7) is 3.19. The fraction of sp³-hybridized carbons (Fsp3) is 0.727. The third-order valence-electron chi connectivity index (χ3n) is 5.09. The summed E-state index contributed by atoms with van der Waals surface area (Å²) in [6.07, 6.45) is 10.9. The van der Waals surface area contributed by atoms with Crippen LogP contribution in [0.25, 0.3) is 0 Å². The molecule has 28 heavy (non-hydrogen) atoms. The first-order valence-corrected chi connectivity index (χ1v) is 10.5. The molecule has 0 saturated carbocycles. The van der Waals surface area contributed by atoms with E-state index in [1.807, 2.05) is 6.07 Å². The second-order valence-corrected chi connectivity index (χ2v) is 6.90. The fourth-order valence-corrected chi connectivity index (χ4v) is 3.56. The number of nitrogens with two attached hydrogens (primary N) is 2. The third kappa shape index (κ3) is 10.4. The zero-order chi connectivity index (χ0) is 21.1. The number of hydrogen-bond acceptors (Lipinski definition) is 6. The molecule has 0 fully saturated rings. The van der Waals surface area contributed by atoms with E-state index in [0.29, 0.717) is 0 Å². The van der Waals surface area contributed by atoms with Gasteiger partial charge < -0.3 is 19.5 Å². The Morgan fingerprint density at radius 1 is 0.821 bits per heavy atom. The minimum absolute atomic E-state index is 0.228. The molecule has 0 aromatic heterocycles. The van der Waals surface area contributed by atoms with Crippen LogP contribution in [0.15, 0.2) is 30.3 Å². The van der Waals surface area contributed by atoms with Gasteiger partial charge in [-0.05, 0) is 31.4 Å². The van der Waals surface area contributed by atoms with E-state index in [-0.39, 0.29) is 5.92 Å². The number of ether oxygens (including phenoxy) is 3. The number of nitrogens with one attached hydrogen (secondary N) is 1. The molecule has 0 aliphatic rings. The lowest BCUT2D eigenvalue weighted by molar-refractivity contribution is -0.380. The van der Waals surface area contributed by atoms with Gasteiger partial charge in [0.1, 0.15) is 0 Å². The van der Waals surface area contributed by atoms with E-state index in [4.69, 9.17) is 14.2 Å². The smallest absolute Gasteiger partial charge is 0.285 e. The van der Waals surface area contributed by atoms with Gasteiger partial charge in [-0.15, -0.1) is 0 Å². The van der Waals surface area contributed by atoms with Gasteiger partial charge in [-0.2, -0.15) is 0 Å². The van der Waals surface area contributed by atoms with E-state index in [2.05, 4.69) is 48.2 Å². The molecular weight excluding hydrogens is 354 g/mol. The van der Waals surface area contributed by atoms with Crippen molar-refractivity contribution in [3.8, 4) is 0 Å². The van der Waals surface area contributed by atoms with E-state index in [1.54, 1.807) is 21.3 Å². The summed E-state index contributed by atoms with van der Waals surface area (Å²) in [5.41, 5.74) is 1.16. The molecule has 0 aliphatic carbocycles. The predicted octanol–water partition coefficient (Wildman–Crippen LogP) is 4.66. The van der Waals surface area contributed by atoms with Crippen molar-refractivity contribution in [2.45, 2.75) is 70.7 Å². The Labute approximate surface area is 172 Å². The summed E-state index contributed by atoms with van der Waals surface area (Å²) < 4.78 is 16.9. The quantitative estimate of drug-likeness (QED) is 0.163. The lowest BCUT2D eigenvalue weighted by Crippen LogP contribution is -2.44. The second-order valence-electron chi connectivity index (χ2n) is 6.90. The maximum Gasteiger partial charge on any atom is 0.285 e. The van der Waals surface area contributed by atoms with E-state index in [1.165, 1.54) is 38.5 Å². The minimum atomic E-state index is -0.934. The highest BCUT2D eigenvalue weighted by molar-refractivity contribution is 5.42. The van der Waals surface area contributed by atoms with Crippen molar-refractivity contribution < 1.29 is 14.2 Å². The number of para-hydroxylation sites is 1. The fourth-order valence-electron chi connectivity index (χ4n) is 3.56. The average Bonchev–Trinajstić information content (AvgIpc) is 2.76. The van der Waals surface area contributed by atoms with Crippen molar-refractivity contribution in [3.05, 3.63) is 30.3 Å². The number of anilines is 1. The Kier molecular flexibility index (Phi) is 17.1. The maximum absolute atomic E-state index is 5.64. The molecule has 0 saturated heterocycles. The molecule has 0 heterocycles. The Morgan fingerprint density at radius 2 is 1.36 bits per heavy atom. The molecular formula is C22H43N3O3. The molecule has 1 aromatic carbocycles. The van der Waals surface area contributed by atoms with E-state index >= 15 is 0 Å². The minimum Gasteiger partial charge on any atom is -0.385 e. The van der Waals surface area contributed by atoms with Gasteiger partial charge in [-0.3, -0.25) is 11.7 Å². The van der Waals surface area contributed by atoms with Crippen molar-refractivity contribution in [1.82, 2.24) is 0 Å². The molecule has 5 N–H and O–H groups in total. The number of unbranched alkanes of at least 4 members (excludes halogenated alkanes) is 5. The number of rotatable bonds is 16. The average molecular weight is 398 g/mol. The Hall–Kier alpha value is -1.18. The summed E-state index contributed by atoms with van der Waals surface area (Å²) >= 11 is 0. The van der Waals surface area contributed by atoms with Crippen molar-refractivity contribution in [3.63, 3.8) is 0 Å². The highest BCUT2D eigenvalue weighted by atomic mass is 16.9. The van der Waals surface area contributed by atoms with Crippen LogP contribution in [-0.2, 0) is 14.2 Å². The predicted molar refractivity (Wildman–Crippen MR) is 118 cm³/mol. The largest absolute Gasteiger partial charge is 0.385 e. The molecule has 1 atom stereocenters. The van der Waals surface area contributed by atoms with E-state index < -0.39 is 5.97 Å². The number of hydrogen-bond donors (Lipinski definition) is 3. The monoisotopic (exact) mass is 397 g/mol. The van der Waals surface area contributed by atoms with E-state index in [9.17, 15) is 0 Å². The van der Waals surface area contributed by atoms with Gasteiger partial charge >= 0.3 is 0 Å². The van der Waals surface area contributed by atoms with Crippen LogP contribution >= 0.6 is 0 Å². The Bertz CT molecular complexity index is 434. The number of benzene rings is 1. The van der Waals surface area contributed by atoms with Crippen LogP contribution in [0.4, 0.5) is 5.69 Å². The Morgan fingerprint density at radius 3 is 1.93 bits per heavy atom. The number of methoxy groups -OCH3 is 3.